The summed E-state index contributed by atoms with van der Waals surface area (Å²) in [5, 5.41) is 83.7. The molecule has 12 N–H and O–H groups in total. The smallest absolute Gasteiger partial charge is 0.666 e. The summed E-state index contributed by atoms with van der Waals surface area (Å²) in [6.45, 7) is 11.6. The Morgan fingerprint density at radius 2 is 0.908 bits per heavy atom. The standard InChI is InChI=1S/C20H30O5.C20H32O3.C7H14NO2.C3H6NO2.Zn/c1-2-17(21)11-8-5-9-14-18(22)12-6-3-4-7-13-19(23)15-10-16-20(24)25;1-3-5-13-19(22)15-9-6-7-10-16-20(23)17-12-8-11-14-18(21)4-2;1-6(7(9)10)4-2-3-5-8;1-2(4)3(5)6;/h3-9,11-13,17-19,21-23H,2,10,14-16H2,1H3,(H,24,25);6-12,14-16,18-23H,3-5,13,17H2,1-2H3;6H,1-5,8H2,(H,9,10);2,4H,1H3,(H,5,6);/q;;2*-1;+2/b4-3+,9-5-,11-8+,12-6+,13-7-;7-6+,12-8-,14-11+,15-9-,16-10+;;;/t17-,18-,19+;18-,19-,20-;6-;2-;/m0000./s1. The predicted molar refractivity (Wildman–Crippen MR) is 255 cm³/mol. The van der Waals surface area contributed by atoms with Crippen LogP contribution in [0.4, 0.5) is 0 Å². The number of carbonyl (C=O) groups excluding carboxylic acids is 1. The van der Waals surface area contributed by atoms with Gasteiger partial charge in [0.25, 0.3) is 11.9 Å². The van der Waals surface area contributed by atoms with E-state index >= 15 is 0 Å². The summed E-state index contributed by atoms with van der Waals surface area (Å²) in [5.41, 5.74) is 10.1. The van der Waals surface area contributed by atoms with Crippen molar-refractivity contribution in [1.29, 1.82) is 0 Å². The Balaban J connectivity index is -0.000000274. The Bertz CT molecular complexity index is 1440. The van der Waals surface area contributed by atoms with E-state index in [0.717, 1.165) is 38.6 Å². The van der Waals surface area contributed by atoms with Crippen LogP contribution in [0.3, 0.4) is 0 Å². The Morgan fingerprint density at radius 1 is 0.554 bits per heavy atom. The number of quaternary nitrogens is 1. The van der Waals surface area contributed by atoms with E-state index in [9.17, 15) is 50.1 Å². The molecular formula is C50H82N2O12Zn. The van der Waals surface area contributed by atoms with Gasteiger partial charge in [0, 0.05) is 5.97 Å². The third-order valence-corrected chi connectivity index (χ3v) is 8.26. The maximum absolute atomic E-state index is 10.2. The van der Waals surface area contributed by atoms with Gasteiger partial charge in [0.05, 0.1) is 43.2 Å². The van der Waals surface area contributed by atoms with Crippen molar-refractivity contribution >= 4 is 17.9 Å². The van der Waals surface area contributed by atoms with Crippen LogP contribution in [0.1, 0.15) is 111 Å². The van der Waals surface area contributed by atoms with Crippen molar-refractivity contribution in [2.75, 3.05) is 6.54 Å². The number of hydrogen-bond acceptors (Lipinski definition) is 10. The fraction of sp³-hybridized carbons (Fsp3) is 0.520. The molecule has 65 heavy (non-hydrogen) atoms. The van der Waals surface area contributed by atoms with Crippen molar-refractivity contribution in [3.8, 4) is 0 Å². The first kappa shape index (κ1) is 70.1. The van der Waals surface area contributed by atoms with Gasteiger partial charge in [0.15, 0.2) is 0 Å². The van der Waals surface area contributed by atoms with Crippen LogP contribution in [-0.2, 0) is 33.9 Å². The number of aliphatic carboxylic acids is 3. The number of nitrogens with one attached hydrogen (secondary N) is 1. The van der Waals surface area contributed by atoms with E-state index in [1.807, 2.05) is 50.3 Å². The summed E-state index contributed by atoms with van der Waals surface area (Å²) in [6.07, 6.45) is 40.7. The van der Waals surface area contributed by atoms with Gasteiger partial charge in [-0.15, -0.1) is 0 Å². The zero-order valence-electron chi connectivity index (χ0n) is 39.4. The minimum absolute atomic E-state index is 0. The van der Waals surface area contributed by atoms with E-state index in [4.69, 9.17) is 15.9 Å². The number of allylic oxidation sites excluding steroid dienone is 12. The zero-order chi connectivity index (χ0) is 49.4. The van der Waals surface area contributed by atoms with E-state index in [-0.39, 0.29) is 32.0 Å². The Kier molecular flexibility index (Phi) is 56.9. The zero-order valence-corrected chi connectivity index (χ0v) is 42.4. The molecule has 0 unspecified atom stereocenters. The first-order valence-corrected chi connectivity index (χ1v) is 22.1. The first-order valence-electron chi connectivity index (χ1n) is 22.1. The molecule has 14 nitrogen and oxygen atoms in total. The summed E-state index contributed by atoms with van der Waals surface area (Å²) in [6, 6.07) is -0.981. The summed E-state index contributed by atoms with van der Waals surface area (Å²) >= 11 is 0. The molecule has 0 saturated heterocycles. The number of aliphatic hydroxyl groups is 6. The molecule has 0 aliphatic carbocycles. The number of carboxylic acids is 3. The predicted octanol–water partition coefficient (Wildman–Crippen LogP) is 5.85. The average molecular weight is 969 g/mol. The number of rotatable bonds is 31. The van der Waals surface area contributed by atoms with E-state index in [0.29, 0.717) is 44.9 Å². The van der Waals surface area contributed by atoms with Crippen LogP contribution in [0, 0.1) is 12.8 Å². The van der Waals surface area contributed by atoms with Crippen molar-refractivity contribution in [1.82, 2.24) is 0 Å². The molecule has 366 valence electrons. The molecule has 0 radical (unpaired) electrons. The van der Waals surface area contributed by atoms with Crippen molar-refractivity contribution < 1.29 is 85.6 Å². The second-order valence-electron chi connectivity index (χ2n) is 14.5. The molecule has 0 rings (SSSR count). The van der Waals surface area contributed by atoms with Gasteiger partial charge in [0.2, 0.25) is 0 Å². The maximum atomic E-state index is 10.2. The van der Waals surface area contributed by atoms with Crippen molar-refractivity contribution in [2.45, 2.75) is 154 Å². The molecule has 0 aromatic carbocycles. The molecule has 0 aliphatic heterocycles. The van der Waals surface area contributed by atoms with Crippen molar-refractivity contribution in [3.05, 3.63) is 134 Å². The molecular weight excluding hydrogens is 886 g/mol. The van der Waals surface area contributed by atoms with Crippen LogP contribution in [0.5, 0.6) is 0 Å². The topological polar surface area (TPSA) is 288 Å². The molecule has 0 fully saturated rings. The van der Waals surface area contributed by atoms with Crippen LogP contribution in [0.25, 0.3) is 5.73 Å². The molecule has 0 spiro atoms. The van der Waals surface area contributed by atoms with Crippen molar-refractivity contribution in [3.63, 3.8) is 0 Å². The van der Waals surface area contributed by atoms with E-state index < -0.39 is 60.4 Å². The van der Waals surface area contributed by atoms with Gasteiger partial charge in [0.1, 0.15) is 0 Å². The molecule has 8 atom stereocenters. The van der Waals surface area contributed by atoms with E-state index in [1.54, 1.807) is 85.1 Å². The molecule has 0 heterocycles. The Morgan fingerprint density at radius 3 is 1.23 bits per heavy atom. The van der Waals surface area contributed by atoms with Gasteiger partial charge >= 0.3 is 19.5 Å². The quantitative estimate of drug-likeness (QED) is 0.0171. The molecule has 0 saturated carbocycles. The van der Waals surface area contributed by atoms with Crippen LogP contribution in [0.15, 0.2) is 122 Å². The monoisotopic (exact) mass is 967 g/mol. The van der Waals surface area contributed by atoms with Crippen LogP contribution in [0.2, 0.25) is 0 Å². The maximum Gasteiger partial charge on any atom is 2.00 e. The second-order valence-corrected chi connectivity index (χ2v) is 14.5. The fourth-order valence-corrected chi connectivity index (χ4v) is 4.19. The van der Waals surface area contributed by atoms with Gasteiger partial charge in [-0.2, -0.15) is 0 Å². The minimum Gasteiger partial charge on any atom is -0.666 e. The molecule has 0 aromatic rings. The Labute approximate surface area is 402 Å². The summed E-state index contributed by atoms with van der Waals surface area (Å²) in [7, 11) is 0. The molecule has 0 amide bonds. The molecule has 0 aromatic heterocycles. The van der Waals surface area contributed by atoms with E-state index in [2.05, 4.69) is 19.6 Å². The number of hydrogen-bond donors (Lipinski definition) is 9. The SMILES string of the molecule is CCCC[C@H](O)\C=C/C=C/C=C/[C@H](O)C/C=C\C=C\[C@@H](O)CC.CC[C@H](O)/C=C/C=C\C[C@@H](O)/C=C/C=C/C=C\[C@@H](O)CCCC(=O)[O-].C[C@H]([NH-])C(=O)O.[CH2-][C@@H](CCCC[NH3+])C(=O)O.[Zn+2]. The van der Waals surface area contributed by atoms with Crippen LogP contribution in [-0.4, -0.2) is 108 Å². The fourth-order valence-electron chi connectivity index (χ4n) is 4.19. The van der Waals surface area contributed by atoms with Gasteiger partial charge in [-0.3, -0.25) is 9.59 Å². The second kappa shape index (κ2) is 52.7. The average Bonchev–Trinajstić information content (AvgIpc) is 3.25. The Hall–Kier alpha value is -3.89. The largest absolute Gasteiger partial charge is 2.00 e. The molecule has 0 aliphatic rings. The number of aliphatic hydroxyl groups excluding tert-OH is 6. The number of unbranched alkanes of at least 4 members (excludes halogenated alkanes) is 2. The number of carbonyl (C=O) groups is 3. The van der Waals surface area contributed by atoms with Gasteiger partial charge in [-0.25, -0.2) is 0 Å². The van der Waals surface area contributed by atoms with Crippen molar-refractivity contribution in [2.24, 2.45) is 5.92 Å². The van der Waals surface area contributed by atoms with Crippen LogP contribution < -0.4 is 10.8 Å². The third kappa shape index (κ3) is 62.2. The van der Waals surface area contributed by atoms with Crippen LogP contribution >= 0.6 is 0 Å². The molecule has 15 heteroatoms. The summed E-state index contributed by atoms with van der Waals surface area (Å²) in [5.74, 6) is -3.42. The normalized spacial score (nSPS) is 15.8. The summed E-state index contributed by atoms with van der Waals surface area (Å²) in [4.78, 5) is 30.0. The summed E-state index contributed by atoms with van der Waals surface area (Å²) < 4.78 is 0. The van der Waals surface area contributed by atoms with E-state index in [1.165, 1.54) is 6.92 Å². The van der Waals surface area contributed by atoms with Gasteiger partial charge < -0.3 is 69.1 Å². The molecule has 0 bridgehead atoms. The number of carboxylic acid groups (broad SMARTS) is 3. The third-order valence-electron chi connectivity index (χ3n) is 8.26. The first-order chi connectivity index (χ1) is 30.4. The van der Waals surface area contributed by atoms with Gasteiger partial charge in [-0.1, -0.05) is 174 Å². The van der Waals surface area contributed by atoms with Gasteiger partial charge in [-0.05, 0) is 70.3 Å². The minimum atomic E-state index is -1.11.